The van der Waals surface area contributed by atoms with Crippen LogP contribution in [-0.4, -0.2) is 11.3 Å². The molecule has 0 saturated heterocycles. The van der Waals surface area contributed by atoms with E-state index >= 15 is 0 Å². The molecule has 5 heteroatoms. The SMILES string of the molecule is CCCCc1cc2c(cc1N1c3cc(-n4c5ccccc5c5ccccc54)ccc3B3c4cc(-c5ccccc5)ccc4Oc4cc(C(C)(C)C)cc1c43)oc1ccccc12. The quantitative estimate of drug-likeness (QED) is 0.157. The number of fused-ring (bicyclic) bond motifs is 10. The van der Waals surface area contributed by atoms with Crippen molar-refractivity contribution in [1.82, 2.24) is 4.57 Å². The van der Waals surface area contributed by atoms with Crippen molar-refractivity contribution < 1.29 is 9.15 Å². The first-order valence-corrected chi connectivity index (χ1v) is 21.8. The van der Waals surface area contributed by atoms with Gasteiger partial charge in [0.25, 0.3) is 6.71 Å². The minimum Gasteiger partial charge on any atom is -0.458 e. The largest absolute Gasteiger partial charge is 0.458 e. The summed E-state index contributed by atoms with van der Waals surface area (Å²) < 4.78 is 16.2. The molecule has 0 unspecified atom stereocenters. The second-order valence-corrected chi connectivity index (χ2v) is 17.9. The molecular weight excluding hydrogens is 743 g/mol. The number of hydrogen-bond donors (Lipinski definition) is 0. The second-order valence-electron chi connectivity index (χ2n) is 17.9. The Balaban J connectivity index is 1.19. The average Bonchev–Trinajstić information content (AvgIpc) is 3.82. The average molecular weight is 789 g/mol. The Kier molecular flexibility index (Phi) is 7.96. The standard InChI is InChI=1S/C56H45BN2O2/c1-5-6-16-37-29-43-42-21-12-15-24-51(42)60-53(43)34-48(37)59-49-33-39(58-46-22-13-10-19-40(46)41-20-11-14-23-47(41)58)26-27-44(49)57-45-30-36(35-17-8-7-9-18-35)25-28-52(45)61-54-32-38(56(2,3)4)31-50(59)55(54)57/h7-15,17-34H,5-6,16H2,1-4H3. The highest BCUT2D eigenvalue weighted by Crippen LogP contribution is 2.47. The molecule has 0 amide bonds. The van der Waals surface area contributed by atoms with Gasteiger partial charge in [0.1, 0.15) is 22.7 Å². The van der Waals surface area contributed by atoms with E-state index < -0.39 is 0 Å². The van der Waals surface area contributed by atoms with Gasteiger partial charge in [0, 0.05) is 44.7 Å². The van der Waals surface area contributed by atoms with Crippen molar-refractivity contribution in [3.63, 3.8) is 0 Å². The van der Waals surface area contributed by atoms with E-state index in [0.29, 0.717) is 0 Å². The topological polar surface area (TPSA) is 30.5 Å². The molecule has 0 radical (unpaired) electrons. The lowest BCUT2D eigenvalue weighted by Crippen LogP contribution is -2.59. The lowest BCUT2D eigenvalue weighted by atomic mass is 9.34. The summed E-state index contributed by atoms with van der Waals surface area (Å²) in [7, 11) is 0. The molecule has 4 nitrogen and oxygen atoms in total. The predicted octanol–water partition coefficient (Wildman–Crippen LogP) is 13.4. The van der Waals surface area contributed by atoms with Crippen molar-refractivity contribution in [2.75, 3.05) is 4.90 Å². The van der Waals surface area contributed by atoms with Crippen LogP contribution >= 0.6 is 0 Å². The van der Waals surface area contributed by atoms with Crippen LogP contribution in [-0.2, 0) is 11.8 Å². The second kappa shape index (κ2) is 13.5. The van der Waals surface area contributed by atoms with Crippen molar-refractivity contribution >= 4 is 83.9 Å². The number of para-hydroxylation sites is 3. The molecule has 0 bridgehead atoms. The van der Waals surface area contributed by atoms with Gasteiger partial charge in [0.2, 0.25) is 0 Å². The van der Waals surface area contributed by atoms with E-state index in [4.69, 9.17) is 9.15 Å². The molecule has 0 spiro atoms. The third-order valence-corrected chi connectivity index (χ3v) is 13.2. The van der Waals surface area contributed by atoms with Gasteiger partial charge < -0.3 is 18.6 Å². The van der Waals surface area contributed by atoms with E-state index in [1.807, 2.05) is 0 Å². The molecular formula is C56H45BN2O2. The fourth-order valence-corrected chi connectivity index (χ4v) is 10.2. The van der Waals surface area contributed by atoms with E-state index in [9.17, 15) is 0 Å². The Bertz CT molecular complexity index is 3330. The number of aryl methyl sites for hydroxylation is 1. The first kappa shape index (κ1) is 35.9. The molecule has 10 aromatic rings. The molecule has 0 saturated carbocycles. The minimum absolute atomic E-state index is 0.0566. The zero-order valence-electron chi connectivity index (χ0n) is 35.0. The van der Waals surface area contributed by atoms with Crippen molar-refractivity contribution in [3.8, 4) is 28.3 Å². The number of rotatable bonds is 6. The van der Waals surface area contributed by atoms with Crippen LogP contribution in [0.5, 0.6) is 11.5 Å². The van der Waals surface area contributed by atoms with E-state index in [-0.39, 0.29) is 12.1 Å². The van der Waals surface area contributed by atoms with Crippen LogP contribution in [0.2, 0.25) is 0 Å². The molecule has 2 aliphatic rings. The van der Waals surface area contributed by atoms with Crippen LogP contribution < -0.4 is 26.0 Å². The van der Waals surface area contributed by atoms with E-state index in [2.05, 4.69) is 201 Å². The van der Waals surface area contributed by atoms with Crippen LogP contribution in [0.15, 0.2) is 168 Å². The molecule has 0 N–H and O–H groups in total. The molecule has 12 rings (SSSR count). The highest BCUT2D eigenvalue weighted by atomic mass is 16.5. The zero-order valence-corrected chi connectivity index (χ0v) is 35.0. The summed E-state index contributed by atoms with van der Waals surface area (Å²) >= 11 is 0. The van der Waals surface area contributed by atoms with Gasteiger partial charge in [-0.25, -0.2) is 0 Å². The molecule has 2 aromatic heterocycles. The summed E-state index contributed by atoms with van der Waals surface area (Å²) in [5.41, 5.74) is 17.2. The Morgan fingerprint density at radius 1 is 0.541 bits per heavy atom. The van der Waals surface area contributed by atoms with Gasteiger partial charge in [-0.05, 0) is 111 Å². The number of ether oxygens (including phenoxy) is 1. The molecule has 2 aliphatic heterocycles. The van der Waals surface area contributed by atoms with Crippen LogP contribution in [0, 0.1) is 0 Å². The predicted molar refractivity (Wildman–Crippen MR) is 257 cm³/mol. The van der Waals surface area contributed by atoms with Crippen LogP contribution in [0.25, 0.3) is 60.6 Å². The van der Waals surface area contributed by atoms with Gasteiger partial charge >= 0.3 is 0 Å². The number of aromatic nitrogens is 1. The van der Waals surface area contributed by atoms with Gasteiger partial charge in [-0.15, -0.1) is 0 Å². The maximum absolute atomic E-state index is 7.09. The number of furan rings is 1. The Morgan fingerprint density at radius 3 is 2.02 bits per heavy atom. The lowest BCUT2D eigenvalue weighted by molar-refractivity contribution is 0.483. The summed E-state index contributed by atoms with van der Waals surface area (Å²) in [6.45, 7) is 9.13. The first-order chi connectivity index (χ1) is 29.8. The highest BCUT2D eigenvalue weighted by Gasteiger charge is 2.43. The third-order valence-electron chi connectivity index (χ3n) is 13.2. The molecule has 294 valence electrons. The van der Waals surface area contributed by atoms with Gasteiger partial charge in [-0.3, -0.25) is 0 Å². The number of anilines is 3. The summed E-state index contributed by atoms with van der Waals surface area (Å²) in [5.74, 6) is 1.84. The van der Waals surface area contributed by atoms with Crippen molar-refractivity contribution in [2.45, 2.75) is 52.4 Å². The molecule has 0 fully saturated rings. The maximum atomic E-state index is 7.09. The number of benzene rings is 8. The van der Waals surface area contributed by atoms with Gasteiger partial charge in [-0.1, -0.05) is 137 Å². The van der Waals surface area contributed by atoms with Crippen LogP contribution in [0.3, 0.4) is 0 Å². The molecule has 0 atom stereocenters. The summed E-state index contributed by atoms with van der Waals surface area (Å²) in [5, 5.41) is 4.82. The van der Waals surface area contributed by atoms with E-state index in [1.54, 1.807) is 0 Å². The molecule has 0 aliphatic carbocycles. The number of hydrogen-bond acceptors (Lipinski definition) is 3. The normalized spacial score (nSPS) is 13.2. The molecule has 61 heavy (non-hydrogen) atoms. The van der Waals surface area contributed by atoms with Crippen molar-refractivity contribution in [2.24, 2.45) is 0 Å². The van der Waals surface area contributed by atoms with Gasteiger partial charge in [-0.2, -0.15) is 0 Å². The van der Waals surface area contributed by atoms with Crippen molar-refractivity contribution in [3.05, 3.63) is 175 Å². The third kappa shape index (κ3) is 5.53. The fourth-order valence-electron chi connectivity index (χ4n) is 10.2. The number of unbranched alkanes of at least 4 members (excludes halogenated alkanes) is 1. The van der Waals surface area contributed by atoms with Crippen molar-refractivity contribution in [1.29, 1.82) is 0 Å². The Hall–Kier alpha value is -6.98. The molecule has 4 heterocycles. The summed E-state index contributed by atoms with van der Waals surface area (Å²) in [6.07, 6.45) is 3.13. The van der Waals surface area contributed by atoms with Crippen LogP contribution in [0.4, 0.5) is 17.1 Å². The summed E-state index contributed by atoms with van der Waals surface area (Å²) in [4.78, 5) is 2.56. The van der Waals surface area contributed by atoms with E-state index in [1.165, 1.54) is 66.1 Å². The highest BCUT2D eigenvalue weighted by molar-refractivity contribution is 6.99. The minimum atomic E-state index is -0.133. The van der Waals surface area contributed by atoms with Gasteiger partial charge in [0.05, 0.1) is 16.7 Å². The maximum Gasteiger partial charge on any atom is 0.256 e. The Morgan fingerprint density at radius 2 is 1.26 bits per heavy atom. The van der Waals surface area contributed by atoms with E-state index in [0.717, 1.165) is 69.8 Å². The monoisotopic (exact) mass is 788 g/mol. The zero-order chi connectivity index (χ0) is 41.0. The van der Waals surface area contributed by atoms with Gasteiger partial charge in [0.15, 0.2) is 0 Å². The molecule has 8 aromatic carbocycles. The first-order valence-electron chi connectivity index (χ1n) is 21.8. The summed E-state index contributed by atoms with van der Waals surface area (Å²) in [6, 6.07) is 60.2. The Labute approximate surface area is 356 Å². The lowest BCUT2D eigenvalue weighted by Gasteiger charge is -2.42. The fraction of sp³-hybridized carbons (Fsp3) is 0.143. The smallest absolute Gasteiger partial charge is 0.256 e. The van der Waals surface area contributed by atoms with Crippen LogP contribution in [0.1, 0.15) is 51.7 Å². The number of nitrogens with zero attached hydrogens (tertiary/aromatic N) is 2.